The SMILES string of the molecule is COc1nc(-c2cc(C)ncn2)nc(F)c1C(F)(F)F. The molecule has 0 saturated carbocycles. The number of rotatable bonds is 2. The van der Waals surface area contributed by atoms with Crippen LogP contribution in [-0.4, -0.2) is 27.0 Å². The van der Waals surface area contributed by atoms with Gasteiger partial charge in [-0.3, -0.25) is 0 Å². The van der Waals surface area contributed by atoms with Crippen molar-refractivity contribution in [3.8, 4) is 17.4 Å². The summed E-state index contributed by atoms with van der Waals surface area (Å²) in [5, 5.41) is 0. The van der Waals surface area contributed by atoms with Gasteiger partial charge in [-0.15, -0.1) is 0 Å². The van der Waals surface area contributed by atoms with Crippen molar-refractivity contribution in [1.29, 1.82) is 0 Å². The Morgan fingerprint density at radius 1 is 1.15 bits per heavy atom. The van der Waals surface area contributed by atoms with Gasteiger partial charge in [0.25, 0.3) is 0 Å². The Balaban J connectivity index is 2.62. The largest absolute Gasteiger partial charge is 0.480 e. The fourth-order valence-electron chi connectivity index (χ4n) is 1.49. The highest BCUT2D eigenvalue weighted by atomic mass is 19.4. The lowest BCUT2D eigenvalue weighted by Crippen LogP contribution is -2.14. The van der Waals surface area contributed by atoms with Gasteiger partial charge in [-0.2, -0.15) is 27.5 Å². The van der Waals surface area contributed by atoms with Crippen LogP contribution in [0.1, 0.15) is 11.3 Å². The van der Waals surface area contributed by atoms with Gasteiger partial charge in [0.15, 0.2) is 11.4 Å². The van der Waals surface area contributed by atoms with Gasteiger partial charge < -0.3 is 4.74 Å². The van der Waals surface area contributed by atoms with Crippen LogP contribution in [-0.2, 0) is 6.18 Å². The van der Waals surface area contributed by atoms with E-state index in [9.17, 15) is 17.6 Å². The Kier molecular flexibility index (Phi) is 3.51. The number of aryl methyl sites for hydroxylation is 1. The molecule has 0 aliphatic carbocycles. The fraction of sp³-hybridized carbons (Fsp3) is 0.273. The van der Waals surface area contributed by atoms with Crippen LogP contribution in [0.5, 0.6) is 5.88 Å². The molecule has 0 bridgehead atoms. The minimum absolute atomic E-state index is 0.100. The second-order valence-electron chi connectivity index (χ2n) is 3.76. The molecule has 0 amide bonds. The quantitative estimate of drug-likeness (QED) is 0.627. The first kappa shape index (κ1) is 14.1. The van der Waals surface area contributed by atoms with Crippen LogP contribution in [0.4, 0.5) is 17.6 Å². The molecule has 0 N–H and O–H groups in total. The van der Waals surface area contributed by atoms with E-state index in [4.69, 9.17) is 0 Å². The Bertz CT molecular complexity index is 645. The predicted octanol–water partition coefficient (Wildman–Crippen LogP) is 2.41. The van der Waals surface area contributed by atoms with E-state index in [2.05, 4.69) is 24.7 Å². The number of alkyl halides is 3. The van der Waals surface area contributed by atoms with Crippen molar-refractivity contribution in [2.24, 2.45) is 0 Å². The van der Waals surface area contributed by atoms with Crippen LogP contribution in [0.15, 0.2) is 12.4 Å². The first-order chi connectivity index (χ1) is 9.32. The van der Waals surface area contributed by atoms with E-state index < -0.39 is 23.6 Å². The second-order valence-corrected chi connectivity index (χ2v) is 3.76. The van der Waals surface area contributed by atoms with E-state index in [1.165, 1.54) is 12.4 Å². The third-order valence-corrected chi connectivity index (χ3v) is 2.34. The lowest BCUT2D eigenvalue weighted by atomic mass is 10.2. The number of methoxy groups -OCH3 is 1. The maximum Gasteiger partial charge on any atom is 0.426 e. The zero-order valence-electron chi connectivity index (χ0n) is 10.4. The van der Waals surface area contributed by atoms with E-state index in [-0.39, 0.29) is 11.5 Å². The standard InChI is InChI=1S/C11H8F4N4O/c1-5-3-6(17-4-16-5)9-18-8(12)7(11(13,14)15)10(19-9)20-2/h3-4H,1-2H3. The highest BCUT2D eigenvalue weighted by Crippen LogP contribution is 2.37. The number of hydrogen-bond donors (Lipinski definition) is 0. The van der Waals surface area contributed by atoms with Gasteiger partial charge in [-0.1, -0.05) is 0 Å². The van der Waals surface area contributed by atoms with Crippen molar-refractivity contribution in [2.75, 3.05) is 7.11 Å². The van der Waals surface area contributed by atoms with Gasteiger partial charge >= 0.3 is 6.18 Å². The van der Waals surface area contributed by atoms with Crippen LogP contribution in [0.2, 0.25) is 0 Å². The van der Waals surface area contributed by atoms with Crippen LogP contribution in [0.3, 0.4) is 0 Å². The van der Waals surface area contributed by atoms with Gasteiger partial charge in [-0.25, -0.2) is 9.97 Å². The summed E-state index contributed by atoms with van der Waals surface area (Å²) >= 11 is 0. The maximum atomic E-state index is 13.6. The molecule has 2 rings (SSSR count). The van der Waals surface area contributed by atoms with E-state index in [0.717, 1.165) is 7.11 Å². The summed E-state index contributed by atoms with van der Waals surface area (Å²) in [6.45, 7) is 1.64. The molecule has 0 aliphatic heterocycles. The smallest absolute Gasteiger partial charge is 0.426 e. The van der Waals surface area contributed by atoms with Gasteiger partial charge in [0, 0.05) is 5.69 Å². The molecule has 2 aromatic heterocycles. The van der Waals surface area contributed by atoms with Crippen LogP contribution in [0.25, 0.3) is 11.5 Å². The summed E-state index contributed by atoms with van der Waals surface area (Å²) < 4.78 is 56.1. The molecule has 0 spiro atoms. The van der Waals surface area contributed by atoms with Crippen molar-refractivity contribution in [1.82, 2.24) is 19.9 Å². The summed E-state index contributed by atoms with van der Waals surface area (Å²) in [5.41, 5.74) is -1.00. The lowest BCUT2D eigenvalue weighted by Gasteiger charge is -2.12. The fourth-order valence-corrected chi connectivity index (χ4v) is 1.49. The molecule has 0 unspecified atom stereocenters. The summed E-state index contributed by atoms with van der Waals surface area (Å²) in [4.78, 5) is 14.3. The third-order valence-electron chi connectivity index (χ3n) is 2.34. The summed E-state index contributed by atoms with van der Waals surface area (Å²) in [6, 6.07) is 1.42. The van der Waals surface area contributed by atoms with E-state index in [1.54, 1.807) is 6.92 Å². The summed E-state index contributed by atoms with van der Waals surface area (Å²) in [6.07, 6.45) is -3.77. The topological polar surface area (TPSA) is 60.8 Å². The van der Waals surface area contributed by atoms with Gasteiger partial charge in [0.2, 0.25) is 11.8 Å². The van der Waals surface area contributed by atoms with Gasteiger partial charge in [-0.05, 0) is 13.0 Å². The number of hydrogen-bond acceptors (Lipinski definition) is 5. The molecule has 2 aromatic rings. The molecule has 0 aliphatic rings. The van der Waals surface area contributed by atoms with E-state index >= 15 is 0 Å². The van der Waals surface area contributed by atoms with Crippen molar-refractivity contribution < 1.29 is 22.3 Å². The normalized spacial score (nSPS) is 11.5. The molecule has 0 saturated heterocycles. The Morgan fingerprint density at radius 3 is 2.40 bits per heavy atom. The molecule has 0 radical (unpaired) electrons. The molecular formula is C11H8F4N4O. The Labute approximate surface area is 110 Å². The first-order valence-corrected chi connectivity index (χ1v) is 5.30. The van der Waals surface area contributed by atoms with Crippen molar-refractivity contribution in [3.63, 3.8) is 0 Å². The maximum absolute atomic E-state index is 13.6. The average Bonchev–Trinajstić information content (AvgIpc) is 2.36. The van der Waals surface area contributed by atoms with Crippen LogP contribution >= 0.6 is 0 Å². The first-order valence-electron chi connectivity index (χ1n) is 5.30. The van der Waals surface area contributed by atoms with Gasteiger partial charge in [0.05, 0.1) is 7.11 Å². The van der Waals surface area contributed by atoms with Crippen LogP contribution < -0.4 is 4.74 Å². The molecule has 2 heterocycles. The Hall–Kier alpha value is -2.32. The average molecular weight is 288 g/mol. The number of aromatic nitrogens is 4. The third kappa shape index (κ3) is 2.65. The van der Waals surface area contributed by atoms with Gasteiger partial charge in [0.1, 0.15) is 12.0 Å². The molecule has 9 heteroatoms. The molecule has 0 fully saturated rings. The van der Waals surface area contributed by atoms with Crippen molar-refractivity contribution in [3.05, 3.63) is 29.6 Å². The number of ether oxygens (including phenoxy) is 1. The summed E-state index contributed by atoms with van der Waals surface area (Å²) in [5.74, 6) is -2.91. The molecule has 0 atom stereocenters. The number of nitrogens with zero attached hydrogens (tertiary/aromatic N) is 4. The minimum Gasteiger partial charge on any atom is -0.480 e. The highest BCUT2D eigenvalue weighted by Gasteiger charge is 2.40. The molecule has 0 aromatic carbocycles. The lowest BCUT2D eigenvalue weighted by molar-refractivity contribution is -0.142. The van der Waals surface area contributed by atoms with Crippen LogP contribution in [0, 0.1) is 12.9 Å². The molecule has 5 nitrogen and oxygen atoms in total. The van der Waals surface area contributed by atoms with E-state index in [1.807, 2.05) is 0 Å². The van der Waals surface area contributed by atoms with E-state index in [0.29, 0.717) is 5.69 Å². The van der Waals surface area contributed by atoms with Crippen molar-refractivity contribution >= 4 is 0 Å². The molecule has 106 valence electrons. The highest BCUT2D eigenvalue weighted by molar-refractivity contribution is 5.50. The zero-order chi connectivity index (χ0) is 14.9. The second kappa shape index (κ2) is 4.99. The molecule has 20 heavy (non-hydrogen) atoms. The van der Waals surface area contributed by atoms with Crippen molar-refractivity contribution in [2.45, 2.75) is 13.1 Å². The predicted molar refractivity (Wildman–Crippen MR) is 59.3 cm³/mol. The summed E-state index contributed by atoms with van der Waals surface area (Å²) in [7, 11) is 0.964. The monoisotopic (exact) mass is 288 g/mol. The zero-order valence-corrected chi connectivity index (χ0v) is 10.4. The number of halogens is 4. The molecular weight excluding hydrogens is 280 g/mol. The Morgan fingerprint density at radius 2 is 1.85 bits per heavy atom. The minimum atomic E-state index is -4.95.